The average molecular weight is 447 g/mol. The number of alkyl halides is 3. The van der Waals surface area contributed by atoms with E-state index in [2.05, 4.69) is 5.16 Å². The first-order valence-electron chi connectivity index (χ1n) is 10.1. The maximum atomic E-state index is 13.3. The monoisotopic (exact) mass is 447 g/mol. The van der Waals surface area contributed by atoms with Crippen molar-refractivity contribution >= 4 is 11.4 Å². The number of nitrogens with zero attached hydrogens (tertiary/aromatic N) is 3. The Morgan fingerprint density at radius 3 is 2.31 bits per heavy atom. The number of halogens is 4. The second-order valence-corrected chi connectivity index (χ2v) is 7.71. The molecule has 0 bridgehead atoms. The van der Waals surface area contributed by atoms with Gasteiger partial charge in [-0.3, -0.25) is 0 Å². The molecular formula is C23H21F4N3O2. The van der Waals surface area contributed by atoms with Gasteiger partial charge in [0, 0.05) is 43.9 Å². The van der Waals surface area contributed by atoms with Gasteiger partial charge in [-0.2, -0.15) is 13.2 Å². The SMILES string of the molecule is Cc1noc(=O)c(N2CCN(c3cccc(C(F)(F)F)c3)CC2)c1Cc1ccc(F)cc1. The van der Waals surface area contributed by atoms with Gasteiger partial charge in [0.05, 0.1) is 11.3 Å². The third-order valence-electron chi connectivity index (χ3n) is 5.61. The van der Waals surface area contributed by atoms with Gasteiger partial charge >= 0.3 is 11.8 Å². The molecule has 0 N–H and O–H groups in total. The van der Waals surface area contributed by atoms with E-state index in [0.29, 0.717) is 55.2 Å². The van der Waals surface area contributed by atoms with Crippen LogP contribution >= 0.6 is 0 Å². The van der Waals surface area contributed by atoms with Crippen molar-refractivity contribution in [2.75, 3.05) is 36.0 Å². The fourth-order valence-electron chi connectivity index (χ4n) is 3.91. The molecule has 9 heteroatoms. The number of piperazine rings is 1. The van der Waals surface area contributed by atoms with Crippen molar-refractivity contribution in [1.82, 2.24) is 5.16 Å². The van der Waals surface area contributed by atoms with Gasteiger partial charge in [0.2, 0.25) is 0 Å². The van der Waals surface area contributed by atoms with Gasteiger partial charge in [-0.1, -0.05) is 23.4 Å². The Bertz CT molecular complexity index is 1150. The second kappa shape index (κ2) is 8.64. The number of benzene rings is 2. The lowest BCUT2D eigenvalue weighted by atomic mass is 10.0. The van der Waals surface area contributed by atoms with Crippen LogP contribution in [0.25, 0.3) is 0 Å². The topological polar surface area (TPSA) is 49.6 Å². The Kier molecular flexibility index (Phi) is 5.90. The normalized spacial score (nSPS) is 14.7. The molecule has 2 heterocycles. The first-order valence-corrected chi connectivity index (χ1v) is 10.1. The summed E-state index contributed by atoms with van der Waals surface area (Å²) in [5.41, 5.74) is 1.70. The number of aryl methyl sites for hydroxylation is 1. The zero-order chi connectivity index (χ0) is 22.9. The molecule has 1 aromatic heterocycles. The number of hydrogen-bond donors (Lipinski definition) is 0. The molecule has 0 atom stereocenters. The first-order chi connectivity index (χ1) is 15.2. The summed E-state index contributed by atoms with van der Waals surface area (Å²) in [5, 5.41) is 3.84. The van der Waals surface area contributed by atoms with Crippen molar-refractivity contribution in [2.45, 2.75) is 19.5 Å². The fraction of sp³-hybridized carbons (Fsp3) is 0.304. The molecule has 0 unspecified atom stereocenters. The molecule has 0 spiro atoms. The molecule has 1 saturated heterocycles. The predicted molar refractivity (Wildman–Crippen MR) is 113 cm³/mol. The van der Waals surface area contributed by atoms with Gasteiger partial charge in [-0.05, 0) is 42.8 Å². The largest absolute Gasteiger partial charge is 0.416 e. The van der Waals surface area contributed by atoms with Crippen molar-refractivity contribution in [3.8, 4) is 0 Å². The van der Waals surface area contributed by atoms with Crippen LogP contribution in [0.1, 0.15) is 22.4 Å². The van der Waals surface area contributed by atoms with E-state index >= 15 is 0 Å². The van der Waals surface area contributed by atoms with Gasteiger partial charge in [-0.15, -0.1) is 0 Å². The Morgan fingerprint density at radius 1 is 1.00 bits per heavy atom. The zero-order valence-corrected chi connectivity index (χ0v) is 17.3. The third-order valence-corrected chi connectivity index (χ3v) is 5.61. The molecule has 2 aromatic carbocycles. The lowest BCUT2D eigenvalue weighted by Gasteiger charge is -2.37. The molecule has 0 aliphatic carbocycles. The Morgan fingerprint density at radius 2 is 1.66 bits per heavy atom. The summed E-state index contributed by atoms with van der Waals surface area (Å²) in [6, 6.07) is 11.3. The minimum absolute atomic E-state index is 0.345. The lowest BCUT2D eigenvalue weighted by molar-refractivity contribution is -0.137. The molecule has 32 heavy (non-hydrogen) atoms. The summed E-state index contributed by atoms with van der Waals surface area (Å²) in [6.45, 7) is 3.49. The lowest BCUT2D eigenvalue weighted by Crippen LogP contribution is -2.48. The average Bonchev–Trinajstić information content (AvgIpc) is 2.78. The van der Waals surface area contributed by atoms with Gasteiger partial charge in [0.15, 0.2) is 0 Å². The van der Waals surface area contributed by atoms with Gasteiger partial charge in [0.25, 0.3) is 0 Å². The van der Waals surface area contributed by atoms with Crippen LogP contribution in [0, 0.1) is 12.7 Å². The van der Waals surface area contributed by atoms with Crippen molar-refractivity contribution in [1.29, 1.82) is 0 Å². The van der Waals surface area contributed by atoms with Crippen molar-refractivity contribution in [3.63, 3.8) is 0 Å². The van der Waals surface area contributed by atoms with Crippen LogP contribution in [0.2, 0.25) is 0 Å². The highest BCUT2D eigenvalue weighted by Gasteiger charge is 2.31. The fourth-order valence-corrected chi connectivity index (χ4v) is 3.91. The van der Waals surface area contributed by atoms with E-state index in [1.54, 1.807) is 25.1 Å². The number of hydrogen-bond acceptors (Lipinski definition) is 5. The highest BCUT2D eigenvalue weighted by atomic mass is 19.4. The maximum Gasteiger partial charge on any atom is 0.416 e. The molecule has 1 fully saturated rings. The standard InChI is InChI=1S/C23H21F4N3O2/c1-15-20(13-16-5-7-18(24)8-6-16)21(22(31)32-28-15)30-11-9-29(10-12-30)19-4-2-3-17(14-19)23(25,26)27/h2-8,14H,9-13H2,1H3. The van der Waals surface area contributed by atoms with E-state index < -0.39 is 17.4 Å². The number of rotatable bonds is 4. The second-order valence-electron chi connectivity index (χ2n) is 7.71. The van der Waals surface area contributed by atoms with Gasteiger partial charge in [-0.25, -0.2) is 9.18 Å². The number of aromatic nitrogens is 1. The molecule has 1 aliphatic rings. The molecule has 3 aromatic rings. The molecule has 0 radical (unpaired) electrons. The van der Waals surface area contributed by atoms with Crippen LogP contribution in [0.3, 0.4) is 0 Å². The molecule has 1 aliphatic heterocycles. The zero-order valence-electron chi connectivity index (χ0n) is 17.3. The molecule has 168 valence electrons. The quantitative estimate of drug-likeness (QED) is 0.555. The van der Waals surface area contributed by atoms with E-state index in [0.717, 1.165) is 17.7 Å². The predicted octanol–water partition coefficient (Wildman–Crippen LogP) is 4.42. The van der Waals surface area contributed by atoms with Crippen LogP contribution in [-0.4, -0.2) is 31.3 Å². The van der Waals surface area contributed by atoms with Gasteiger partial charge < -0.3 is 14.3 Å². The van der Waals surface area contributed by atoms with Crippen LogP contribution in [0.4, 0.5) is 28.9 Å². The summed E-state index contributed by atoms with van der Waals surface area (Å²) >= 11 is 0. The van der Waals surface area contributed by atoms with Crippen LogP contribution in [0.5, 0.6) is 0 Å². The van der Waals surface area contributed by atoms with E-state index in [9.17, 15) is 22.4 Å². The van der Waals surface area contributed by atoms with E-state index in [1.165, 1.54) is 18.2 Å². The van der Waals surface area contributed by atoms with Crippen LogP contribution in [-0.2, 0) is 12.6 Å². The third kappa shape index (κ3) is 4.61. The smallest absolute Gasteiger partial charge is 0.368 e. The minimum Gasteiger partial charge on any atom is -0.368 e. The Balaban J connectivity index is 1.56. The minimum atomic E-state index is -4.40. The van der Waals surface area contributed by atoms with Crippen molar-refractivity contribution in [3.05, 3.63) is 87.2 Å². The Hall–Kier alpha value is -3.36. The van der Waals surface area contributed by atoms with E-state index in [4.69, 9.17) is 4.52 Å². The summed E-state index contributed by atoms with van der Waals surface area (Å²) in [6.07, 6.45) is -4.02. The maximum absolute atomic E-state index is 13.3. The van der Waals surface area contributed by atoms with Crippen molar-refractivity contribution in [2.24, 2.45) is 0 Å². The molecule has 0 saturated carbocycles. The van der Waals surface area contributed by atoms with Crippen LogP contribution in [0.15, 0.2) is 57.8 Å². The van der Waals surface area contributed by atoms with Crippen LogP contribution < -0.4 is 15.4 Å². The summed E-state index contributed by atoms with van der Waals surface area (Å²) in [7, 11) is 0. The molecule has 4 rings (SSSR count). The van der Waals surface area contributed by atoms with Gasteiger partial charge in [0.1, 0.15) is 11.5 Å². The van der Waals surface area contributed by atoms with E-state index in [1.807, 2.05) is 9.80 Å². The highest BCUT2D eigenvalue weighted by molar-refractivity contribution is 5.57. The summed E-state index contributed by atoms with van der Waals surface area (Å²) < 4.78 is 57.4. The number of anilines is 2. The molecular weight excluding hydrogens is 426 g/mol. The highest BCUT2D eigenvalue weighted by Crippen LogP contribution is 2.32. The van der Waals surface area contributed by atoms with Crippen molar-refractivity contribution < 1.29 is 22.1 Å². The van der Waals surface area contributed by atoms with E-state index in [-0.39, 0.29) is 5.82 Å². The molecule has 0 amide bonds. The Labute approximate surface area is 181 Å². The molecule has 5 nitrogen and oxygen atoms in total. The summed E-state index contributed by atoms with van der Waals surface area (Å²) in [5.74, 6) is -0.345. The summed E-state index contributed by atoms with van der Waals surface area (Å²) in [4.78, 5) is 16.3. The first kappa shape index (κ1) is 21.9.